The zero-order valence-corrected chi connectivity index (χ0v) is 12.9. The summed E-state index contributed by atoms with van der Waals surface area (Å²) in [6, 6.07) is -0.685. The van der Waals surface area contributed by atoms with E-state index in [0.717, 1.165) is 0 Å². The molecule has 2 fully saturated rings. The first-order chi connectivity index (χ1) is 10.8. The van der Waals surface area contributed by atoms with Crippen molar-refractivity contribution >= 4 is 11.8 Å². The lowest BCUT2D eigenvalue weighted by Crippen LogP contribution is -2.62. The molecule has 9 heteroatoms. The van der Waals surface area contributed by atoms with Crippen LogP contribution in [0, 0.1) is 5.92 Å². The van der Waals surface area contributed by atoms with Crippen LogP contribution in [0.2, 0.25) is 0 Å². The molecule has 0 saturated carbocycles. The fraction of sp³-hybridized carbons (Fsp3) is 0.857. The third kappa shape index (κ3) is 3.33. The van der Waals surface area contributed by atoms with Crippen LogP contribution in [0.1, 0.15) is 19.8 Å². The number of likely N-dealkylation sites (tertiary alicyclic amines) is 1. The Hall–Kier alpha value is -1.26. The van der Waals surface area contributed by atoms with E-state index >= 15 is 0 Å². The van der Waals surface area contributed by atoms with Gasteiger partial charge in [0.1, 0.15) is 30.5 Å². The van der Waals surface area contributed by atoms with Gasteiger partial charge in [0.05, 0.1) is 18.6 Å². The monoisotopic (exact) mass is 332 g/mol. The number of hydrogen-bond donors (Lipinski definition) is 5. The molecule has 2 amide bonds. The van der Waals surface area contributed by atoms with Crippen LogP contribution in [-0.2, 0) is 14.3 Å². The molecule has 9 nitrogen and oxygen atoms in total. The van der Waals surface area contributed by atoms with Gasteiger partial charge in [0.15, 0.2) is 0 Å². The lowest BCUT2D eigenvalue weighted by molar-refractivity contribution is -0.239. The van der Waals surface area contributed by atoms with Crippen molar-refractivity contribution in [2.24, 2.45) is 11.7 Å². The highest BCUT2D eigenvalue weighted by molar-refractivity contribution is 5.88. The lowest BCUT2D eigenvalue weighted by Gasteiger charge is -2.42. The van der Waals surface area contributed by atoms with E-state index in [9.17, 15) is 30.0 Å². The molecule has 0 aromatic carbocycles. The van der Waals surface area contributed by atoms with E-state index in [1.165, 1.54) is 11.8 Å². The van der Waals surface area contributed by atoms with Crippen molar-refractivity contribution in [3.05, 3.63) is 0 Å². The molecule has 2 aliphatic heterocycles. The smallest absolute Gasteiger partial charge is 0.240 e. The van der Waals surface area contributed by atoms with Crippen molar-refractivity contribution in [1.82, 2.24) is 4.90 Å². The Labute approximate surface area is 133 Å². The molecule has 2 rings (SSSR count). The number of primary amides is 1. The fourth-order valence-electron chi connectivity index (χ4n) is 3.27. The molecule has 132 valence electrons. The minimum Gasteiger partial charge on any atom is -0.394 e. The maximum atomic E-state index is 12.6. The van der Waals surface area contributed by atoms with E-state index in [1.807, 2.05) is 0 Å². The van der Waals surface area contributed by atoms with Gasteiger partial charge in [-0.2, -0.15) is 0 Å². The largest absolute Gasteiger partial charge is 0.394 e. The predicted molar refractivity (Wildman–Crippen MR) is 76.9 cm³/mol. The lowest BCUT2D eigenvalue weighted by atomic mass is 9.88. The van der Waals surface area contributed by atoms with Gasteiger partial charge in [-0.25, -0.2) is 0 Å². The number of rotatable bonds is 4. The molecule has 7 atom stereocenters. The molecule has 0 aromatic rings. The van der Waals surface area contributed by atoms with E-state index < -0.39 is 60.9 Å². The molecular weight excluding hydrogens is 308 g/mol. The van der Waals surface area contributed by atoms with Gasteiger partial charge in [-0.3, -0.25) is 9.59 Å². The number of nitrogens with two attached hydrogens (primary N) is 1. The van der Waals surface area contributed by atoms with Gasteiger partial charge in [0, 0.05) is 6.54 Å². The molecule has 0 aromatic heterocycles. The van der Waals surface area contributed by atoms with Crippen molar-refractivity contribution in [3.63, 3.8) is 0 Å². The quantitative estimate of drug-likeness (QED) is 0.366. The Kier molecular flexibility index (Phi) is 5.58. The molecule has 2 saturated heterocycles. The molecule has 0 aliphatic carbocycles. The summed E-state index contributed by atoms with van der Waals surface area (Å²) < 4.78 is 5.40. The van der Waals surface area contributed by atoms with Crippen LogP contribution in [0.3, 0.4) is 0 Å². The Morgan fingerprint density at radius 2 is 1.91 bits per heavy atom. The van der Waals surface area contributed by atoms with Crippen LogP contribution in [0.5, 0.6) is 0 Å². The summed E-state index contributed by atoms with van der Waals surface area (Å²) in [5.41, 5.74) is 5.30. The van der Waals surface area contributed by atoms with Crippen LogP contribution < -0.4 is 5.73 Å². The van der Waals surface area contributed by atoms with E-state index in [-0.39, 0.29) is 0 Å². The van der Waals surface area contributed by atoms with Crippen LogP contribution in [0.25, 0.3) is 0 Å². The van der Waals surface area contributed by atoms with E-state index in [4.69, 9.17) is 10.5 Å². The number of amides is 2. The Morgan fingerprint density at radius 1 is 1.26 bits per heavy atom. The van der Waals surface area contributed by atoms with Crippen molar-refractivity contribution in [2.45, 2.75) is 56.3 Å². The number of ether oxygens (including phenoxy) is 1. The topological polar surface area (TPSA) is 154 Å². The third-order valence-electron chi connectivity index (χ3n) is 4.68. The number of nitrogens with zero attached hydrogens (tertiary/aromatic N) is 1. The summed E-state index contributed by atoms with van der Waals surface area (Å²) >= 11 is 0. The number of aliphatic hydroxyl groups is 4. The average molecular weight is 332 g/mol. The Morgan fingerprint density at radius 3 is 2.48 bits per heavy atom. The van der Waals surface area contributed by atoms with Gasteiger partial charge in [-0.1, -0.05) is 6.92 Å². The van der Waals surface area contributed by atoms with Crippen LogP contribution >= 0.6 is 0 Å². The van der Waals surface area contributed by atoms with Crippen molar-refractivity contribution in [1.29, 1.82) is 0 Å². The second-order valence-electron chi connectivity index (χ2n) is 6.17. The number of carbonyl (C=O) groups excluding carboxylic acids is 2. The maximum Gasteiger partial charge on any atom is 0.240 e. The molecule has 0 radical (unpaired) electrons. The molecule has 0 spiro atoms. The summed E-state index contributed by atoms with van der Waals surface area (Å²) in [5.74, 6) is -1.88. The number of hydrogen-bond acceptors (Lipinski definition) is 7. The normalized spacial score (nSPS) is 39.3. The highest BCUT2D eigenvalue weighted by Crippen LogP contribution is 2.29. The molecule has 5 unspecified atom stereocenters. The minimum absolute atomic E-state index is 0.383. The zero-order chi connectivity index (χ0) is 17.3. The predicted octanol–water partition coefficient (Wildman–Crippen LogP) is -3.06. The maximum absolute atomic E-state index is 12.6. The Bertz CT molecular complexity index is 458. The first-order valence-electron chi connectivity index (χ1n) is 7.70. The summed E-state index contributed by atoms with van der Waals surface area (Å²) in [5, 5.41) is 38.9. The molecule has 23 heavy (non-hydrogen) atoms. The first kappa shape index (κ1) is 18.1. The summed E-state index contributed by atoms with van der Waals surface area (Å²) in [7, 11) is 0. The van der Waals surface area contributed by atoms with E-state index in [2.05, 4.69) is 0 Å². The van der Waals surface area contributed by atoms with Gasteiger partial charge in [-0.05, 0) is 12.8 Å². The SMILES string of the molecule is CC(C(=O)N1CCCC1C(N)=O)C1O[C@H](CO)[C@@H](O)C(O)C1O. The van der Waals surface area contributed by atoms with Crippen LogP contribution in [-0.4, -0.2) is 86.9 Å². The minimum atomic E-state index is -1.54. The Balaban J connectivity index is 2.13. The van der Waals surface area contributed by atoms with Gasteiger partial charge in [0.25, 0.3) is 0 Å². The molecule has 0 bridgehead atoms. The third-order valence-corrected chi connectivity index (χ3v) is 4.68. The van der Waals surface area contributed by atoms with Crippen molar-refractivity contribution < 1.29 is 34.8 Å². The van der Waals surface area contributed by atoms with Crippen molar-refractivity contribution in [3.8, 4) is 0 Å². The molecule has 2 aliphatic rings. The van der Waals surface area contributed by atoms with Crippen molar-refractivity contribution in [2.75, 3.05) is 13.2 Å². The number of carbonyl (C=O) groups is 2. The second-order valence-corrected chi connectivity index (χ2v) is 6.17. The van der Waals surface area contributed by atoms with E-state index in [0.29, 0.717) is 19.4 Å². The van der Waals surface area contributed by atoms with Gasteiger partial charge >= 0.3 is 0 Å². The van der Waals surface area contributed by atoms with Gasteiger partial charge < -0.3 is 35.8 Å². The van der Waals surface area contributed by atoms with E-state index in [1.54, 1.807) is 0 Å². The van der Waals surface area contributed by atoms with Crippen LogP contribution in [0.4, 0.5) is 0 Å². The number of aliphatic hydroxyl groups excluding tert-OH is 4. The summed E-state index contributed by atoms with van der Waals surface area (Å²) in [6.07, 6.45) is -5.53. The average Bonchev–Trinajstić information content (AvgIpc) is 3.01. The highest BCUT2D eigenvalue weighted by Gasteiger charge is 2.48. The molecule has 2 heterocycles. The van der Waals surface area contributed by atoms with Gasteiger partial charge in [0.2, 0.25) is 11.8 Å². The molecular formula is C14H24N2O7. The second kappa shape index (κ2) is 7.10. The fourth-order valence-corrected chi connectivity index (χ4v) is 3.27. The first-order valence-corrected chi connectivity index (χ1v) is 7.70. The molecule has 6 N–H and O–H groups in total. The summed E-state index contributed by atoms with van der Waals surface area (Å²) in [4.78, 5) is 25.4. The van der Waals surface area contributed by atoms with Crippen LogP contribution in [0.15, 0.2) is 0 Å². The highest BCUT2D eigenvalue weighted by atomic mass is 16.5. The van der Waals surface area contributed by atoms with Gasteiger partial charge in [-0.15, -0.1) is 0 Å². The standard InChI is InChI=1S/C14H24N2O7/c1-6(14(22)16-4-2-3-7(16)13(15)21)12-11(20)10(19)9(18)8(5-17)23-12/h6-12,17-20H,2-5H2,1H3,(H2,15,21)/t6?,7?,8-,9-,10?,11?,12?/m1/s1. The zero-order valence-electron chi connectivity index (χ0n) is 12.9. The summed E-state index contributed by atoms with van der Waals surface area (Å²) in [6.45, 7) is 1.33.